The van der Waals surface area contributed by atoms with Gasteiger partial charge in [0.05, 0.1) is 6.04 Å². The fourth-order valence-corrected chi connectivity index (χ4v) is 2.77. The van der Waals surface area contributed by atoms with Crippen LogP contribution >= 0.6 is 0 Å². The van der Waals surface area contributed by atoms with Gasteiger partial charge in [-0.2, -0.15) is 0 Å². The summed E-state index contributed by atoms with van der Waals surface area (Å²) in [5.74, 6) is -0.795. The lowest BCUT2D eigenvalue weighted by Crippen LogP contribution is -2.57. The van der Waals surface area contributed by atoms with Gasteiger partial charge in [0.1, 0.15) is 5.82 Å². The molecule has 2 amide bonds. The summed E-state index contributed by atoms with van der Waals surface area (Å²) in [6.45, 7) is 5.39. The molecule has 1 fully saturated rings. The summed E-state index contributed by atoms with van der Waals surface area (Å²) >= 11 is 0. The average molecular weight is 307 g/mol. The molecule has 1 atom stereocenters. The largest absolute Gasteiger partial charge is 0.370 e. The number of halogens is 1. The Kier molecular flexibility index (Phi) is 5.00. The lowest BCUT2D eigenvalue weighted by molar-refractivity contribution is -0.138. The third-order valence-electron chi connectivity index (χ3n) is 3.89. The Morgan fingerprint density at radius 3 is 2.45 bits per heavy atom. The highest BCUT2D eigenvalue weighted by Crippen LogP contribution is 2.22. The molecule has 0 spiro atoms. The van der Waals surface area contributed by atoms with E-state index in [2.05, 4.69) is 4.90 Å². The van der Waals surface area contributed by atoms with Crippen LogP contribution in [0.1, 0.15) is 20.3 Å². The fourth-order valence-electron chi connectivity index (χ4n) is 2.77. The number of carbonyl (C=O) groups is 2. The second kappa shape index (κ2) is 6.77. The van der Waals surface area contributed by atoms with Crippen molar-refractivity contribution in [2.75, 3.05) is 24.5 Å². The number of nitrogens with zero attached hydrogens (tertiary/aromatic N) is 2. The summed E-state index contributed by atoms with van der Waals surface area (Å²) in [6, 6.07) is 5.98. The summed E-state index contributed by atoms with van der Waals surface area (Å²) in [5.41, 5.74) is 6.20. The molecule has 0 bridgehead atoms. The lowest BCUT2D eigenvalue weighted by atomic mass is 10.0. The van der Waals surface area contributed by atoms with E-state index < -0.39 is 5.91 Å². The molecule has 2 rings (SSSR count). The average Bonchev–Trinajstić information content (AvgIpc) is 2.46. The Balaban J connectivity index is 2.15. The Morgan fingerprint density at radius 1 is 1.27 bits per heavy atom. The van der Waals surface area contributed by atoms with Crippen molar-refractivity contribution in [1.82, 2.24) is 4.90 Å². The first-order valence-electron chi connectivity index (χ1n) is 7.47. The number of anilines is 1. The van der Waals surface area contributed by atoms with Crippen LogP contribution in [-0.2, 0) is 9.59 Å². The normalized spacial score (nSPS) is 18.6. The maximum atomic E-state index is 13.0. The van der Waals surface area contributed by atoms with Crippen LogP contribution in [0.2, 0.25) is 0 Å². The first-order chi connectivity index (χ1) is 10.4. The molecule has 5 nitrogen and oxygen atoms in total. The zero-order valence-electron chi connectivity index (χ0n) is 13.0. The molecule has 1 saturated heterocycles. The molecule has 2 N–H and O–H groups in total. The fraction of sp³-hybridized carbons (Fsp3) is 0.500. The molecule has 0 aromatic heterocycles. The highest BCUT2D eigenvalue weighted by Gasteiger charge is 2.32. The van der Waals surface area contributed by atoms with Crippen molar-refractivity contribution in [3.05, 3.63) is 30.1 Å². The van der Waals surface area contributed by atoms with Gasteiger partial charge in [0.2, 0.25) is 11.8 Å². The van der Waals surface area contributed by atoms with Crippen molar-refractivity contribution >= 4 is 17.5 Å². The minimum atomic E-state index is -0.424. The molecular formula is C16H22FN3O2. The van der Waals surface area contributed by atoms with Crippen LogP contribution in [0.25, 0.3) is 0 Å². The van der Waals surface area contributed by atoms with Crippen molar-refractivity contribution in [2.45, 2.75) is 26.3 Å². The Labute approximate surface area is 129 Å². The summed E-state index contributed by atoms with van der Waals surface area (Å²) in [5, 5.41) is 0. The molecular weight excluding hydrogens is 285 g/mol. The van der Waals surface area contributed by atoms with Crippen molar-refractivity contribution in [3.63, 3.8) is 0 Å². The lowest BCUT2D eigenvalue weighted by Gasteiger charge is -2.42. The SMILES string of the molecule is CC(C)C(=O)N1CCN(c2ccc(F)cc2)C[C@H]1CC(N)=O. The molecule has 0 radical (unpaired) electrons. The highest BCUT2D eigenvalue weighted by molar-refractivity contribution is 5.80. The van der Waals surface area contributed by atoms with Crippen LogP contribution in [0, 0.1) is 11.7 Å². The van der Waals surface area contributed by atoms with Crippen LogP contribution in [0.5, 0.6) is 0 Å². The number of piperazine rings is 1. The van der Waals surface area contributed by atoms with Gasteiger partial charge in [-0.1, -0.05) is 13.8 Å². The van der Waals surface area contributed by atoms with Crippen molar-refractivity contribution in [1.29, 1.82) is 0 Å². The van der Waals surface area contributed by atoms with Gasteiger partial charge in [0, 0.05) is 37.7 Å². The van der Waals surface area contributed by atoms with Gasteiger partial charge in [-0.25, -0.2) is 4.39 Å². The zero-order chi connectivity index (χ0) is 16.3. The standard InChI is InChI=1S/C16H22FN3O2/c1-11(2)16(22)20-8-7-19(10-14(20)9-15(18)21)13-5-3-12(17)4-6-13/h3-6,11,14H,7-10H2,1-2H3,(H2,18,21)/t14-/m1/s1. The van der Waals surface area contributed by atoms with E-state index in [-0.39, 0.29) is 30.1 Å². The first-order valence-corrected chi connectivity index (χ1v) is 7.47. The van der Waals surface area contributed by atoms with Crippen LogP contribution in [0.3, 0.4) is 0 Å². The van der Waals surface area contributed by atoms with Crippen LogP contribution in [-0.4, -0.2) is 42.4 Å². The summed E-state index contributed by atoms with van der Waals surface area (Å²) in [4.78, 5) is 27.4. The Morgan fingerprint density at radius 2 is 1.91 bits per heavy atom. The van der Waals surface area contributed by atoms with E-state index in [1.165, 1.54) is 12.1 Å². The molecule has 6 heteroatoms. The summed E-state index contributed by atoms with van der Waals surface area (Å²) < 4.78 is 13.0. The predicted molar refractivity (Wildman–Crippen MR) is 82.8 cm³/mol. The number of hydrogen-bond donors (Lipinski definition) is 1. The van der Waals surface area contributed by atoms with Gasteiger partial charge >= 0.3 is 0 Å². The zero-order valence-corrected chi connectivity index (χ0v) is 13.0. The second-order valence-electron chi connectivity index (χ2n) is 5.93. The maximum absolute atomic E-state index is 13.0. The smallest absolute Gasteiger partial charge is 0.225 e. The number of hydrogen-bond acceptors (Lipinski definition) is 3. The van der Waals surface area contributed by atoms with E-state index in [0.29, 0.717) is 19.6 Å². The first kappa shape index (κ1) is 16.3. The number of rotatable bonds is 4. The van der Waals surface area contributed by atoms with Crippen LogP contribution in [0.15, 0.2) is 24.3 Å². The number of benzene rings is 1. The van der Waals surface area contributed by atoms with Gasteiger partial charge in [-0.05, 0) is 24.3 Å². The van der Waals surface area contributed by atoms with Crippen LogP contribution in [0.4, 0.5) is 10.1 Å². The van der Waals surface area contributed by atoms with E-state index in [1.54, 1.807) is 17.0 Å². The number of amides is 2. The van der Waals surface area contributed by atoms with E-state index in [0.717, 1.165) is 5.69 Å². The van der Waals surface area contributed by atoms with Gasteiger partial charge in [-0.15, -0.1) is 0 Å². The Hall–Kier alpha value is -2.11. The highest BCUT2D eigenvalue weighted by atomic mass is 19.1. The van der Waals surface area contributed by atoms with Crippen molar-refractivity contribution < 1.29 is 14.0 Å². The summed E-state index contributed by atoms with van der Waals surface area (Å²) in [7, 11) is 0. The maximum Gasteiger partial charge on any atom is 0.225 e. The molecule has 1 aliphatic rings. The minimum absolute atomic E-state index is 0.0324. The molecule has 0 unspecified atom stereocenters. The molecule has 0 saturated carbocycles. The quantitative estimate of drug-likeness (QED) is 0.913. The molecule has 120 valence electrons. The molecule has 0 aliphatic carbocycles. The van der Waals surface area contributed by atoms with Crippen LogP contribution < -0.4 is 10.6 Å². The Bertz CT molecular complexity index is 545. The molecule has 1 aromatic carbocycles. The number of carbonyl (C=O) groups excluding carboxylic acids is 2. The molecule has 1 aliphatic heterocycles. The van der Waals surface area contributed by atoms with Gasteiger partial charge in [0.15, 0.2) is 0 Å². The van der Waals surface area contributed by atoms with Gasteiger partial charge in [0.25, 0.3) is 0 Å². The van der Waals surface area contributed by atoms with Gasteiger partial charge < -0.3 is 15.5 Å². The molecule has 1 aromatic rings. The topological polar surface area (TPSA) is 66.6 Å². The van der Waals surface area contributed by atoms with Crippen molar-refractivity contribution in [2.24, 2.45) is 11.7 Å². The second-order valence-corrected chi connectivity index (χ2v) is 5.93. The van der Waals surface area contributed by atoms with E-state index >= 15 is 0 Å². The minimum Gasteiger partial charge on any atom is -0.370 e. The molecule has 22 heavy (non-hydrogen) atoms. The third kappa shape index (κ3) is 3.75. The predicted octanol–water partition coefficient (Wildman–Crippen LogP) is 1.37. The third-order valence-corrected chi connectivity index (χ3v) is 3.89. The van der Waals surface area contributed by atoms with E-state index in [9.17, 15) is 14.0 Å². The monoisotopic (exact) mass is 307 g/mol. The van der Waals surface area contributed by atoms with Crippen molar-refractivity contribution in [3.8, 4) is 0 Å². The van der Waals surface area contributed by atoms with E-state index in [1.807, 2.05) is 13.8 Å². The van der Waals surface area contributed by atoms with Gasteiger partial charge in [-0.3, -0.25) is 9.59 Å². The number of nitrogens with two attached hydrogens (primary N) is 1. The number of primary amides is 1. The molecule has 1 heterocycles. The summed E-state index contributed by atoms with van der Waals surface area (Å²) in [6.07, 6.45) is 0.135. The van der Waals surface area contributed by atoms with E-state index in [4.69, 9.17) is 5.73 Å².